The van der Waals surface area contributed by atoms with Crippen molar-refractivity contribution in [2.75, 3.05) is 32.8 Å². The van der Waals surface area contributed by atoms with Crippen LogP contribution in [0.25, 0.3) is 0 Å². The minimum Gasteiger partial charge on any atom is -0.759 e. The van der Waals surface area contributed by atoms with E-state index in [9.17, 15) is 9.90 Å². The monoisotopic (exact) mass is 436 g/mol. The molecule has 1 atom stereocenters. The molecule has 1 saturated heterocycles. The third-order valence-corrected chi connectivity index (χ3v) is 5.33. The highest BCUT2D eigenvalue weighted by atomic mass is 32.3. The van der Waals surface area contributed by atoms with Gasteiger partial charge in [-0.15, -0.1) is 0 Å². The zero-order valence-corrected chi connectivity index (χ0v) is 17.5. The van der Waals surface area contributed by atoms with Crippen LogP contribution in [0, 0.1) is 5.92 Å². The molecule has 2 aromatic rings. The summed E-state index contributed by atoms with van der Waals surface area (Å²) in [5.41, 5.74) is 0.635. The van der Waals surface area contributed by atoms with Gasteiger partial charge in [0.15, 0.2) is 0 Å². The highest BCUT2D eigenvalue weighted by molar-refractivity contribution is 7.79. The Kier molecular flexibility index (Phi) is 8.51. The van der Waals surface area contributed by atoms with Crippen LogP contribution in [0.15, 0.2) is 60.7 Å². The molecule has 30 heavy (non-hydrogen) atoms. The molecule has 1 fully saturated rings. The lowest BCUT2D eigenvalue weighted by Gasteiger charge is -2.38. The van der Waals surface area contributed by atoms with Crippen molar-refractivity contribution < 1.29 is 37.1 Å². The van der Waals surface area contributed by atoms with Crippen molar-refractivity contribution in [3.63, 3.8) is 0 Å². The number of hydrogen-bond acceptors (Lipinski definition) is 6. The van der Waals surface area contributed by atoms with Crippen LogP contribution in [0.2, 0.25) is 0 Å². The van der Waals surface area contributed by atoms with E-state index in [4.69, 9.17) is 22.3 Å². The van der Waals surface area contributed by atoms with Gasteiger partial charge in [0.05, 0.1) is 19.8 Å². The van der Waals surface area contributed by atoms with Gasteiger partial charge in [-0.3, -0.25) is 13.2 Å². The molecule has 0 amide bonds. The van der Waals surface area contributed by atoms with Crippen LogP contribution < -0.4 is 4.90 Å². The summed E-state index contributed by atoms with van der Waals surface area (Å²) in [6.07, 6.45) is 0. The molecule has 3 rings (SSSR count). The van der Waals surface area contributed by atoms with Gasteiger partial charge in [-0.2, -0.15) is 0 Å². The number of carboxylic acids is 1. The SMILES string of the molecule is CC(C[NH+]1CCOCC1)C(C(=O)O)(c1ccccc1)c1ccccc1.O=S(=O)([O-])[O-]. The van der Waals surface area contributed by atoms with E-state index in [0.29, 0.717) is 0 Å². The summed E-state index contributed by atoms with van der Waals surface area (Å²) >= 11 is 0. The van der Waals surface area contributed by atoms with Gasteiger partial charge in [0.2, 0.25) is 0 Å². The maximum Gasteiger partial charge on any atom is 0.319 e. The first kappa shape index (κ1) is 24.0. The Hall–Kier alpha value is -2.30. The normalized spacial score (nSPS) is 16.2. The van der Waals surface area contributed by atoms with Crippen LogP contribution in [0.4, 0.5) is 0 Å². The molecular weight excluding hydrogens is 410 g/mol. The molecule has 1 aliphatic heterocycles. The fourth-order valence-electron chi connectivity index (χ4n) is 4.05. The highest BCUT2D eigenvalue weighted by Gasteiger charge is 2.48. The lowest BCUT2D eigenvalue weighted by molar-refractivity contribution is -0.911. The third kappa shape index (κ3) is 6.35. The van der Waals surface area contributed by atoms with Crippen molar-refractivity contribution in [1.29, 1.82) is 0 Å². The van der Waals surface area contributed by atoms with Crippen molar-refractivity contribution in [3.8, 4) is 0 Å². The Labute approximate surface area is 176 Å². The number of benzene rings is 2. The number of hydrogen-bond donors (Lipinski definition) is 2. The lowest BCUT2D eigenvalue weighted by atomic mass is 9.66. The number of ether oxygens (including phenoxy) is 1. The second-order valence-electron chi connectivity index (χ2n) is 7.22. The molecular formula is C21H26NO7S-. The van der Waals surface area contributed by atoms with Crippen LogP contribution in [0.5, 0.6) is 0 Å². The largest absolute Gasteiger partial charge is 0.759 e. The predicted octanol–water partition coefficient (Wildman–Crippen LogP) is 0.271. The first-order valence-corrected chi connectivity index (χ1v) is 10.9. The second-order valence-corrected chi connectivity index (χ2v) is 8.04. The topological polar surface area (TPSA) is 131 Å². The van der Waals surface area contributed by atoms with Gasteiger partial charge in [0.1, 0.15) is 18.5 Å². The fourth-order valence-corrected chi connectivity index (χ4v) is 4.05. The summed E-state index contributed by atoms with van der Waals surface area (Å²) in [6.45, 7) is 6.24. The van der Waals surface area contributed by atoms with Crippen LogP contribution in [0.1, 0.15) is 18.1 Å². The summed E-state index contributed by atoms with van der Waals surface area (Å²) in [5, 5.41) is 10.4. The average Bonchev–Trinajstić information content (AvgIpc) is 2.69. The van der Waals surface area contributed by atoms with E-state index in [1.54, 1.807) is 0 Å². The zero-order chi connectivity index (χ0) is 22.2. The van der Waals surface area contributed by atoms with Crippen molar-refractivity contribution in [2.45, 2.75) is 12.3 Å². The van der Waals surface area contributed by atoms with E-state index in [-0.39, 0.29) is 5.92 Å². The van der Waals surface area contributed by atoms with E-state index < -0.39 is 21.8 Å². The minimum absolute atomic E-state index is 0.0529. The van der Waals surface area contributed by atoms with Crippen molar-refractivity contribution >= 4 is 16.4 Å². The standard InChI is InChI=1S/C21H25NO3.H2O4S/c1-17(16-22-12-14-25-15-13-22)21(20(23)24,18-8-4-2-5-9-18)19-10-6-3-7-11-19;1-5(2,3)4/h2-11,17H,12-16H2,1H3,(H,23,24);(H2,1,2,3,4)/p-1. The van der Waals surface area contributed by atoms with E-state index >= 15 is 0 Å². The first-order chi connectivity index (χ1) is 14.2. The molecule has 0 spiro atoms. The molecule has 2 aromatic carbocycles. The number of carbonyl (C=O) groups is 1. The van der Waals surface area contributed by atoms with Crippen molar-refractivity contribution in [2.24, 2.45) is 5.92 Å². The summed E-state index contributed by atoms with van der Waals surface area (Å²) in [7, 11) is -5.17. The van der Waals surface area contributed by atoms with Gasteiger partial charge in [-0.05, 0) is 11.1 Å². The number of carboxylic acid groups (broad SMARTS) is 1. The average molecular weight is 437 g/mol. The number of nitrogens with one attached hydrogen (secondary N) is 1. The number of morpholine rings is 1. The molecule has 0 aromatic heterocycles. The molecule has 0 saturated carbocycles. The van der Waals surface area contributed by atoms with Gasteiger partial charge in [0, 0.05) is 16.3 Å². The molecule has 0 bridgehead atoms. The van der Waals surface area contributed by atoms with Crippen molar-refractivity contribution in [1.82, 2.24) is 0 Å². The molecule has 0 aliphatic carbocycles. The molecule has 1 unspecified atom stereocenters. The maximum atomic E-state index is 12.7. The summed E-state index contributed by atoms with van der Waals surface area (Å²) in [4.78, 5) is 14.1. The molecule has 8 nitrogen and oxygen atoms in total. The molecule has 0 radical (unpaired) electrons. The maximum absolute atomic E-state index is 12.7. The van der Waals surface area contributed by atoms with Crippen LogP contribution in [-0.2, 0) is 25.3 Å². The predicted molar refractivity (Wildman–Crippen MR) is 107 cm³/mol. The van der Waals surface area contributed by atoms with Crippen LogP contribution in [0.3, 0.4) is 0 Å². The minimum atomic E-state index is -5.17. The Morgan fingerprint density at radius 3 is 1.80 bits per heavy atom. The van der Waals surface area contributed by atoms with E-state index in [1.807, 2.05) is 60.7 Å². The van der Waals surface area contributed by atoms with Gasteiger partial charge >= 0.3 is 5.97 Å². The summed E-state index contributed by atoms with van der Waals surface area (Å²) in [5.74, 6) is -0.840. The van der Waals surface area contributed by atoms with Gasteiger partial charge < -0.3 is 23.8 Å². The Morgan fingerprint density at radius 2 is 1.43 bits per heavy atom. The fraction of sp³-hybridized carbons (Fsp3) is 0.381. The quantitative estimate of drug-likeness (QED) is 0.491. The number of rotatable bonds is 6. The van der Waals surface area contributed by atoms with Crippen LogP contribution >= 0.6 is 0 Å². The summed E-state index contributed by atoms with van der Waals surface area (Å²) in [6, 6.07) is 19.3. The molecule has 1 aliphatic rings. The Bertz CT molecular complexity index is 850. The molecule has 164 valence electrons. The Morgan fingerprint density at radius 1 is 1.03 bits per heavy atom. The second kappa shape index (κ2) is 10.6. The summed E-state index contributed by atoms with van der Waals surface area (Å²) < 4.78 is 39.5. The Balaban J connectivity index is 0.000000575. The number of aliphatic carboxylic acids is 1. The first-order valence-electron chi connectivity index (χ1n) is 9.58. The van der Waals surface area contributed by atoms with Crippen molar-refractivity contribution in [3.05, 3.63) is 71.8 Å². The van der Waals surface area contributed by atoms with E-state index in [2.05, 4.69) is 6.92 Å². The van der Waals surface area contributed by atoms with Gasteiger partial charge in [-0.25, -0.2) is 0 Å². The molecule has 9 heteroatoms. The smallest absolute Gasteiger partial charge is 0.319 e. The zero-order valence-electron chi connectivity index (χ0n) is 16.7. The number of quaternary nitrogens is 1. The molecule has 2 N–H and O–H groups in total. The highest BCUT2D eigenvalue weighted by Crippen LogP contribution is 2.39. The van der Waals surface area contributed by atoms with Gasteiger partial charge in [0.25, 0.3) is 0 Å². The van der Waals surface area contributed by atoms with Crippen LogP contribution in [-0.4, -0.2) is 61.4 Å². The van der Waals surface area contributed by atoms with E-state index in [0.717, 1.165) is 44.0 Å². The third-order valence-electron chi connectivity index (χ3n) is 5.33. The van der Waals surface area contributed by atoms with E-state index in [1.165, 1.54) is 4.90 Å². The molecule has 1 heterocycles. The van der Waals surface area contributed by atoms with Gasteiger partial charge in [-0.1, -0.05) is 67.6 Å². The lowest BCUT2D eigenvalue weighted by Crippen LogP contribution is -3.15.